The fraction of sp³-hybridized carbons (Fsp3) is 0.133. The molecule has 0 fully saturated rings. The number of nitrogens with zero attached hydrogens (tertiary/aromatic N) is 4. The molecule has 128 valence electrons. The molecule has 1 amide bonds. The molecule has 3 rings (SSSR count). The van der Waals surface area contributed by atoms with Gasteiger partial charge in [0.25, 0.3) is 5.91 Å². The van der Waals surface area contributed by atoms with Crippen LogP contribution in [0.25, 0.3) is 11.4 Å². The second-order valence-electron chi connectivity index (χ2n) is 4.98. The summed E-state index contributed by atoms with van der Waals surface area (Å²) in [6, 6.07) is 7.04. The number of benzene rings is 1. The number of anilines is 1. The predicted molar refractivity (Wildman–Crippen MR) is 95.5 cm³/mol. The highest BCUT2D eigenvalue weighted by Crippen LogP contribution is 2.22. The molecule has 1 aromatic carbocycles. The number of aliphatic carboxylic acids is 1. The number of aryl methyl sites for hydroxylation is 1. The van der Waals surface area contributed by atoms with Crippen LogP contribution < -0.4 is 5.32 Å². The predicted octanol–water partition coefficient (Wildman–Crippen LogP) is 2.89. The summed E-state index contributed by atoms with van der Waals surface area (Å²) in [6.07, 6.45) is -0.0510. The first-order chi connectivity index (χ1) is 12.0. The Bertz CT molecular complexity index is 893. The van der Waals surface area contributed by atoms with E-state index in [4.69, 9.17) is 5.11 Å². The number of thiazole rings is 1. The van der Waals surface area contributed by atoms with Gasteiger partial charge in [-0.2, -0.15) is 0 Å². The van der Waals surface area contributed by atoms with Gasteiger partial charge in [0, 0.05) is 16.6 Å². The molecule has 0 spiro atoms. The largest absolute Gasteiger partial charge is 0.481 e. The van der Waals surface area contributed by atoms with Gasteiger partial charge in [0.05, 0.1) is 18.5 Å². The van der Waals surface area contributed by atoms with Crippen molar-refractivity contribution in [3.8, 4) is 11.4 Å². The van der Waals surface area contributed by atoms with Crippen LogP contribution in [0.15, 0.2) is 39.9 Å². The highest BCUT2D eigenvalue weighted by atomic mass is 79.9. The third-order valence-corrected chi connectivity index (χ3v) is 4.17. The van der Waals surface area contributed by atoms with Gasteiger partial charge in [-0.15, -0.1) is 16.4 Å². The molecule has 3 aromatic rings. The molecular weight excluding hydrogens is 410 g/mol. The molecule has 0 aliphatic rings. The number of carbonyl (C=O) groups is 2. The molecule has 2 heterocycles. The first-order valence-electron chi connectivity index (χ1n) is 7.15. The fourth-order valence-electron chi connectivity index (χ4n) is 2.11. The van der Waals surface area contributed by atoms with Gasteiger partial charge in [-0.05, 0) is 40.2 Å². The number of carboxylic acid groups (broad SMARTS) is 1. The summed E-state index contributed by atoms with van der Waals surface area (Å²) in [5.74, 6) is -0.635. The van der Waals surface area contributed by atoms with Crippen LogP contribution in [0.2, 0.25) is 0 Å². The summed E-state index contributed by atoms with van der Waals surface area (Å²) in [5, 5.41) is 17.4. The Morgan fingerprint density at radius 3 is 2.68 bits per heavy atom. The minimum Gasteiger partial charge on any atom is -0.481 e. The van der Waals surface area contributed by atoms with Gasteiger partial charge < -0.3 is 10.4 Å². The minimum atomic E-state index is -0.905. The Labute approximate surface area is 154 Å². The summed E-state index contributed by atoms with van der Waals surface area (Å²) in [5.41, 5.74) is 3.35. The lowest BCUT2D eigenvalue weighted by Crippen LogP contribution is -2.12. The summed E-state index contributed by atoms with van der Waals surface area (Å²) in [4.78, 5) is 31.0. The summed E-state index contributed by atoms with van der Waals surface area (Å²) in [7, 11) is 0. The van der Waals surface area contributed by atoms with Crippen LogP contribution in [0.5, 0.6) is 0 Å². The van der Waals surface area contributed by atoms with Gasteiger partial charge in [-0.25, -0.2) is 14.6 Å². The van der Waals surface area contributed by atoms with E-state index in [9.17, 15) is 9.59 Å². The van der Waals surface area contributed by atoms with Crippen molar-refractivity contribution in [1.29, 1.82) is 0 Å². The van der Waals surface area contributed by atoms with E-state index in [1.54, 1.807) is 35.2 Å². The van der Waals surface area contributed by atoms with Crippen molar-refractivity contribution in [2.24, 2.45) is 0 Å². The monoisotopic (exact) mass is 421 g/mol. The van der Waals surface area contributed by atoms with E-state index in [0.717, 1.165) is 5.56 Å². The van der Waals surface area contributed by atoms with Crippen molar-refractivity contribution in [1.82, 2.24) is 19.7 Å². The number of carbonyl (C=O) groups excluding carboxylic acids is 1. The van der Waals surface area contributed by atoms with Crippen molar-refractivity contribution >= 4 is 44.8 Å². The SMILES string of the molecule is O=C(O)CCn1nc(Br)nc1-c1ccc(NC(=O)c2cscn2)cc1. The molecular formula is C15H12BrN5O3S. The van der Waals surface area contributed by atoms with Gasteiger partial charge in [0.1, 0.15) is 5.69 Å². The van der Waals surface area contributed by atoms with E-state index >= 15 is 0 Å². The van der Waals surface area contributed by atoms with Crippen LogP contribution in [0.3, 0.4) is 0 Å². The highest BCUT2D eigenvalue weighted by Gasteiger charge is 2.13. The average Bonchev–Trinajstić information content (AvgIpc) is 3.23. The van der Waals surface area contributed by atoms with E-state index in [0.29, 0.717) is 21.9 Å². The summed E-state index contributed by atoms with van der Waals surface area (Å²) < 4.78 is 1.91. The highest BCUT2D eigenvalue weighted by molar-refractivity contribution is 9.10. The Balaban J connectivity index is 1.76. The van der Waals surface area contributed by atoms with Gasteiger partial charge in [0.15, 0.2) is 5.82 Å². The zero-order chi connectivity index (χ0) is 17.8. The standard InChI is InChI=1S/C15H12BrN5O3S/c16-15-19-13(21(20-15)6-5-12(22)23)9-1-3-10(4-2-9)18-14(24)11-7-25-8-17-11/h1-4,7-8H,5-6H2,(H,18,24)(H,22,23). The van der Waals surface area contributed by atoms with E-state index in [2.05, 4.69) is 36.3 Å². The van der Waals surface area contributed by atoms with Gasteiger partial charge in [0.2, 0.25) is 4.73 Å². The van der Waals surface area contributed by atoms with Crippen LogP contribution >= 0.6 is 27.3 Å². The second-order valence-corrected chi connectivity index (χ2v) is 6.40. The van der Waals surface area contributed by atoms with Crippen LogP contribution in [-0.2, 0) is 11.3 Å². The second kappa shape index (κ2) is 7.53. The molecule has 8 nitrogen and oxygen atoms in total. The lowest BCUT2D eigenvalue weighted by molar-refractivity contribution is -0.137. The first-order valence-corrected chi connectivity index (χ1v) is 8.88. The van der Waals surface area contributed by atoms with Gasteiger partial charge >= 0.3 is 5.97 Å². The quantitative estimate of drug-likeness (QED) is 0.632. The molecule has 0 saturated heterocycles. The number of halogens is 1. The molecule has 25 heavy (non-hydrogen) atoms. The molecule has 0 saturated carbocycles. The normalized spacial score (nSPS) is 10.6. The maximum absolute atomic E-state index is 12.0. The fourth-order valence-corrected chi connectivity index (χ4v) is 3.00. The van der Waals surface area contributed by atoms with Crippen molar-refractivity contribution in [3.05, 3.63) is 45.6 Å². The molecule has 2 aromatic heterocycles. The van der Waals surface area contributed by atoms with Crippen LogP contribution in [0.4, 0.5) is 5.69 Å². The Kier molecular flexibility index (Phi) is 5.19. The smallest absolute Gasteiger partial charge is 0.305 e. The maximum atomic E-state index is 12.0. The number of amides is 1. The lowest BCUT2D eigenvalue weighted by Gasteiger charge is -2.06. The number of aromatic nitrogens is 4. The number of nitrogens with one attached hydrogen (secondary N) is 1. The number of hydrogen-bond acceptors (Lipinski definition) is 6. The third-order valence-electron chi connectivity index (χ3n) is 3.25. The first kappa shape index (κ1) is 17.2. The zero-order valence-corrected chi connectivity index (χ0v) is 15.1. The van der Waals surface area contributed by atoms with E-state index in [-0.39, 0.29) is 18.9 Å². The molecule has 0 aliphatic carbocycles. The van der Waals surface area contributed by atoms with E-state index < -0.39 is 5.97 Å². The Morgan fingerprint density at radius 1 is 1.28 bits per heavy atom. The van der Waals surface area contributed by atoms with Gasteiger partial charge in [-0.3, -0.25) is 9.59 Å². The average molecular weight is 422 g/mol. The Hall–Kier alpha value is -2.59. The number of carboxylic acids is 1. The van der Waals surface area contributed by atoms with Crippen molar-refractivity contribution in [2.75, 3.05) is 5.32 Å². The zero-order valence-electron chi connectivity index (χ0n) is 12.7. The van der Waals surface area contributed by atoms with Crippen LogP contribution in [-0.4, -0.2) is 36.7 Å². The summed E-state index contributed by atoms with van der Waals surface area (Å²) >= 11 is 4.56. The number of rotatable bonds is 6. The van der Waals surface area contributed by atoms with Crippen molar-refractivity contribution in [3.63, 3.8) is 0 Å². The van der Waals surface area contributed by atoms with Crippen LogP contribution in [0.1, 0.15) is 16.9 Å². The minimum absolute atomic E-state index is 0.0510. The molecule has 0 atom stereocenters. The topological polar surface area (TPSA) is 110 Å². The molecule has 2 N–H and O–H groups in total. The summed E-state index contributed by atoms with van der Waals surface area (Å²) in [6.45, 7) is 0.214. The van der Waals surface area contributed by atoms with Crippen molar-refractivity contribution in [2.45, 2.75) is 13.0 Å². The maximum Gasteiger partial charge on any atom is 0.305 e. The molecule has 0 bridgehead atoms. The van der Waals surface area contributed by atoms with Crippen molar-refractivity contribution < 1.29 is 14.7 Å². The lowest BCUT2D eigenvalue weighted by atomic mass is 10.2. The van der Waals surface area contributed by atoms with Gasteiger partial charge in [-0.1, -0.05) is 0 Å². The van der Waals surface area contributed by atoms with Crippen LogP contribution in [0, 0.1) is 0 Å². The molecule has 0 aliphatic heterocycles. The molecule has 10 heteroatoms. The number of hydrogen-bond donors (Lipinski definition) is 2. The molecule has 0 unspecified atom stereocenters. The molecule has 0 radical (unpaired) electrons. The third kappa shape index (κ3) is 4.28. The van der Waals surface area contributed by atoms with E-state index in [1.165, 1.54) is 16.0 Å². The Morgan fingerprint density at radius 2 is 2.04 bits per heavy atom. The van der Waals surface area contributed by atoms with E-state index in [1.807, 2.05) is 0 Å².